The average Bonchev–Trinajstić information content (AvgIpc) is 3.81. The van der Waals surface area contributed by atoms with Gasteiger partial charge in [-0.05, 0) is 99.8 Å². The summed E-state index contributed by atoms with van der Waals surface area (Å²) in [5, 5.41) is 7.14. The van der Waals surface area contributed by atoms with Crippen molar-refractivity contribution < 1.29 is 4.42 Å². The molecule has 8 aromatic carbocycles. The Labute approximate surface area is 317 Å². The molecule has 0 bridgehead atoms. The lowest BCUT2D eigenvalue weighted by Gasteiger charge is -2.26. The van der Waals surface area contributed by atoms with E-state index < -0.39 is 0 Å². The number of anilines is 3. The molecule has 0 atom stereocenters. The zero-order valence-corrected chi connectivity index (χ0v) is 29.8. The Morgan fingerprint density at radius 3 is 1.96 bits per heavy atom. The molecular weight excluding hydrogens is 671 g/mol. The predicted octanol–water partition coefficient (Wildman–Crippen LogP) is 14.0. The van der Waals surface area contributed by atoms with Crippen molar-refractivity contribution in [2.45, 2.75) is 0 Å². The third kappa shape index (κ3) is 5.11. The Bertz CT molecular complexity index is 3190. The average molecular weight is 704 g/mol. The SMILES string of the molecule is c1ccc(-c2cccc(N(c3ccc(-c4ccc(-n5c6ccccc6c6c7ccccc7ccc65)cc4)cc3)c3cccc4c3oc3ncccc34)c2)cc1. The molecule has 11 aromatic rings. The largest absolute Gasteiger partial charge is 0.435 e. The van der Waals surface area contributed by atoms with Crippen molar-refractivity contribution in [3.8, 4) is 27.9 Å². The first-order valence-electron chi connectivity index (χ1n) is 18.6. The van der Waals surface area contributed by atoms with Gasteiger partial charge in [0.15, 0.2) is 5.58 Å². The van der Waals surface area contributed by atoms with E-state index in [0.29, 0.717) is 5.71 Å². The van der Waals surface area contributed by atoms with E-state index in [1.807, 2.05) is 6.07 Å². The molecule has 3 aromatic heterocycles. The van der Waals surface area contributed by atoms with Gasteiger partial charge in [0.2, 0.25) is 5.71 Å². The van der Waals surface area contributed by atoms with Crippen molar-refractivity contribution in [2.24, 2.45) is 0 Å². The Morgan fingerprint density at radius 1 is 0.436 bits per heavy atom. The summed E-state index contributed by atoms with van der Waals surface area (Å²) in [5.41, 5.74) is 12.6. The summed E-state index contributed by atoms with van der Waals surface area (Å²) in [7, 11) is 0. The van der Waals surface area contributed by atoms with Crippen LogP contribution in [-0.2, 0) is 0 Å². The topological polar surface area (TPSA) is 34.2 Å². The molecule has 11 rings (SSSR count). The maximum Gasteiger partial charge on any atom is 0.227 e. The predicted molar refractivity (Wildman–Crippen MR) is 229 cm³/mol. The minimum Gasteiger partial charge on any atom is -0.435 e. The van der Waals surface area contributed by atoms with E-state index in [-0.39, 0.29) is 0 Å². The second-order valence-electron chi connectivity index (χ2n) is 14.0. The third-order valence-electron chi connectivity index (χ3n) is 10.9. The van der Waals surface area contributed by atoms with Crippen LogP contribution in [0.2, 0.25) is 0 Å². The molecule has 4 nitrogen and oxygen atoms in total. The highest BCUT2D eigenvalue weighted by atomic mass is 16.3. The quantitative estimate of drug-likeness (QED) is 0.173. The highest BCUT2D eigenvalue weighted by Gasteiger charge is 2.20. The number of rotatable bonds is 6. The van der Waals surface area contributed by atoms with Gasteiger partial charge in [-0.15, -0.1) is 0 Å². The molecule has 0 N–H and O–H groups in total. The number of aromatic nitrogens is 2. The molecule has 0 aliphatic heterocycles. The fourth-order valence-electron chi connectivity index (χ4n) is 8.30. The van der Waals surface area contributed by atoms with E-state index >= 15 is 0 Å². The van der Waals surface area contributed by atoms with E-state index in [9.17, 15) is 0 Å². The van der Waals surface area contributed by atoms with Crippen molar-refractivity contribution in [1.82, 2.24) is 9.55 Å². The van der Waals surface area contributed by atoms with Crippen LogP contribution in [-0.4, -0.2) is 9.55 Å². The molecular formula is C51H33N3O. The van der Waals surface area contributed by atoms with Crippen LogP contribution >= 0.6 is 0 Å². The van der Waals surface area contributed by atoms with E-state index in [1.54, 1.807) is 6.20 Å². The molecule has 3 heterocycles. The lowest BCUT2D eigenvalue weighted by molar-refractivity contribution is 0.654. The number of hydrogen-bond acceptors (Lipinski definition) is 3. The number of para-hydroxylation sites is 2. The summed E-state index contributed by atoms with van der Waals surface area (Å²) >= 11 is 0. The normalized spacial score (nSPS) is 11.6. The number of hydrogen-bond donors (Lipinski definition) is 0. The summed E-state index contributed by atoms with van der Waals surface area (Å²) in [6.07, 6.45) is 1.78. The van der Waals surface area contributed by atoms with Gasteiger partial charge in [-0.25, -0.2) is 4.98 Å². The second kappa shape index (κ2) is 12.6. The Morgan fingerprint density at radius 2 is 1.11 bits per heavy atom. The first-order valence-corrected chi connectivity index (χ1v) is 18.6. The summed E-state index contributed by atoms with van der Waals surface area (Å²) in [6.45, 7) is 0. The molecule has 0 amide bonds. The van der Waals surface area contributed by atoms with Crippen LogP contribution in [0, 0.1) is 0 Å². The number of benzene rings is 8. The fraction of sp³-hybridized carbons (Fsp3) is 0. The van der Waals surface area contributed by atoms with Crippen molar-refractivity contribution in [2.75, 3.05) is 4.90 Å². The van der Waals surface area contributed by atoms with Crippen LogP contribution in [0.25, 0.3) is 82.6 Å². The standard InChI is InChI=1S/C51H33N3O/c1-2-11-34(12-3-1)38-14-8-15-41(33-38)53(48-21-9-18-43-44-19-10-32-52-51(44)55-50(43)48)39-27-22-35(23-28-39)36-24-29-40(30-25-36)54-46-20-7-6-17-45(46)49-42-16-5-4-13-37(42)26-31-47(49)54/h1-33H. The lowest BCUT2D eigenvalue weighted by Crippen LogP contribution is -2.10. The van der Waals surface area contributed by atoms with Crippen LogP contribution in [0.1, 0.15) is 0 Å². The van der Waals surface area contributed by atoms with E-state index in [4.69, 9.17) is 4.42 Å². The Kier molecular flexibility index (Phi) is 7.14. The molecule has 0 spiro atoms. The van der Waals surface area contributed by atoms with Crippen LogP contribution in [0.5, 0.6) is 0 Å². The summed E-state index contributed by atoms with van der Waals surface area (Å²) in [5.74, 6) is 0. The van der Waals surface area contributed by atoms with Gasteiger partial charge in [0.25, 0.3) is 0 Å². The highest BCUT2D eigenvalue weighted by Crippen LogP contribution is 2.43. The minimum atomic E-state index is 0.635. The van der Waals surface area contributed by atoms with Crippen molar-refractivity contribution in [3.63, 3.8) is 0 Å². The van der Waals surface area contributed by atoms with Crippen LogP contribution in [0.4, 0.5) is 17.1 Å². The molecule has 0 unspecified atom stereocenters. The van der Waals surface area contributed by atoms with Gasteiger partial charge in [0, 0.05) is 44.8 Å². The van der Waals surface area contributed by atoms with E-state index in [2.05, 4.69) is 203 Å². The first-order chi connectivity index (χ1) is 27.3. The second-order valence-corrected chi connectivity index (χ2v) is 14.0. The molecule has 0 saturated heterocycles. The minimum absolute atomic E-state index is 0.635. The lowest BCUT2D eigenvalue weighted by atomic mass is 10.0. The first kappa shape index (κ1) is 31.1. The monoisotopic (exact) mass is 703 g/mol. The van der Waals surface area contributed by atoms with Crippen LogP contribution in [0.15, 0.2) is 205 Å². The fourth-order valence-corrected chi connectivity index (χ4v) is 8.30. The Balaban J connectivity index is 1.00. The van der Waals surface area contributed by atoms with Gasteiger partial charge >= 0.3 is 0 Å². The summed E-state index contributed by atoms with van der Waals surface area (Å²) in [4.78, 5) is 6.83. The number of furan rings is 1. The van der Waals surface area contributed by atoms with Gasteiger partial charge in [-0.3, -0.25) is 0 Å². The molecule has 55 heavy (non-hydrogen) atoms. The van der Waals surface area contributed by atoms with Crippen LogP contribution < -0.4 is 4.90 Å². The molecule has 0 radical (unpaired) electrons. The number of nitrogens with zero attached hydrogens (tertiary/aromatic N) is 3. The zero-order valence-electron chi connectivity index (χ0n) is 29.8. The maximum atomic E-state index is 6.48. The molecule has 0 saturated carbocycles. The van der Waals surface area contributed by atoms with Crippen molar-refractivity contribution in [1.29, 1.82) is 0 Å². The smallest absolute Gasteiger partial charge is 0.227 e. The van der Waals surface area contributed by atoms with Gasteiger partial charge < -0.3 is 13.9 Å². The third-order valence-corrected chi connectivity index (χ3v) is 10.9. The van der Waals surface area contributed by atoms with E-state index in [1.165, 1.54) is 38.1 Å². The number of pyridine rings is 1. The van der Waals surface area contributed by atoms with Crippen molar-refractivity contribution in [3.05, 3.63) is 200 Å². The summed E-state index contributed by atoms with van der Waals surface area (Å²) < 4.78 is 8.87. The Hall–Kier alpha value is -7.43. The molecule has 258 valence electrons. The number of fused-ring (bicyclic) bond motifs is 8. The van der Waals surface area contributed by atoms with Gasteiger partial charge in [-0.1, -0.05) is 127 Å². The van der Waals surface area contributed by atoms with Gasteiger partial charge in [0.1, 0.15) is 0 Å². The molecule has 0 fully saturated rings. The maximum absolute atomic E-state index is 6.48. The molecule has 0 aliphatic rings. The summed E-state index contributed by atoms with van der Waals surface area (Å²) in [6, 6.07) is 69.2. The molecule has 0 aliphatic carbocycles. The highest BCUT2D eigenvalue weighted by molar-refractivity contribution is 6.21. The van der Waals surface area contributed by atoms with E-state index in [0.717, 1.165) is 55.8 Å². The van der Waals surface area contributed by atoms with Gasteiger partial charge in [0.05, 0.1) is 16.7 Å². The van der Waals surface area contributed by atoms with Crippen molar-refractivity contribution >= 4 is 71.7 Å². The zero-order chi connectivity index (χ0) is 36.3. The van der Waals surface area contributed by atoms with Gasteiger partial charge in [-0.2, -0.15) is 0 Å². The molecule has 4 heteroatoms. The van der Waals surface area contributed by atoms with Crippen LogP contribution in [0.3, 0.4) is 0 Å².